The van der Waals surface area contributed by atoms with E-state index >= 15 is 0 Å². The molecule has 1 saturated heterocycles. The van der Waals surface area contributed by atoms with Crippen LogP contribution in [0.15, 0.2) is 36.4 Å². The predicted molar refractivity (Wildman–Crippen MR) is 90.1 cm³/mol. The van der Waals surface area contributed by atoms with Crippen molar-refractivity contribution in [3.8, 4) is 11.3 Å². The van der Waals surface area contributed by atoms with Crippen molar-refractivity contribution in [2.75, 3.05) is 11.4 Å². The quantitative estimate of drug-likeness (QED) is 0.778. The van der Waals surface area contributed by atoms with Crippen LogP contribution in [0.3, 0.4) is 0 Å². The van der Waals surface area contributed by atoms with Gasteiger partial charge in [-0.2, -0.15) is 0 Å². The maximum atomic E-state index is 4.72. The van der Waals surface area contributed by atoms with Crippen LogP contribution in [0, 0.1) is 6.92 Å². The molecule has 0 spiro atoms. The Morgan fingerprint density at radius 3 is 2.73 bits per heavy atom. The molecule has 1 atom stereocenters. The third-order valence-corrected chi connectivity index (χ3v) is 4.48. The minimum Gasteiger partial charge on any atom is -0.352 e. The first-order valence-corrected chi connectivity index (χ1v) is 7.92. The van der Waals surface area contributed by atoms with Gasteiger partial charge in [-0.15, -0.1) is 0 Å². The second-order valence-corrected chi connectivity index (χ2v) is 6.09. The van der Waals surface area contributed by atoms with Gasteiger partial charge in [0.15, 0.2) is 5.82 Å². The standard InChI is InChI=1S/C18H20N4/c1-12-7-6-10-22(12)18-17-16(19-13(2)20-18)11-15(21-17)14-8-4-3-5-9-14/h3-5,8-9,11-12,21H,6-7,10H2,1-2H3. The summed E-state index contributed by atoms with van der Waals surface area (Å²) in [6.07, 6.45) is 2.47. The average Bonchev–Trinajstić information content (AvgIpc) is 3.13. The molecule has 1 unspecified atom stereocenters. The van der Waals surface area contributed by atoms with E-state index in [-0.39, 0.29) is 0 Å². The lowest BCUT2D eigenvalue weighted by molar-refractivity contribution is 0.727. The normalized spacial score (nSPS) is 18.3. The number of H-pyrrole nitrogens is 1. The number of benzene rings is 1. The summed E-state index contributed by atoms with van der Waals surface area (Å²) in [5.41, 5.74) is 4.33. The molecule has 1 fully saturated rings. The lowest BCUT2D eigenvalue weighted by Gasteiger charge is -2.23. The Kier molecular flexibility index (Phi) is 3.10. The van der Waals surface area contributed by atoms with E-state index in [4.69, 9.17) is 4.98 Å². The Labute approximate surface area is 130 Å². The van der Waals surface area contributed by atoms with Crippen LogP contribution in [-0.2, 0) is 0 Å². The van der Waals surface area contributed by atoms with Crippen molar-refractivity contribution >= 4 is 16.9 Å². The number of rotatable bonds is 2. The van der Waals surface area contributed by atoms with E-state index in [0.717, 1.165) is 34.9 Å². The van der Waals surface area contributed by atoms with Crippen molar-refractivity contribution in [2.24, 2.45) is 0 Å². The molecular formula is C18H20N4. The van der Waals surface area contributed by atoms with Gasteiger partial charge in [0.25, 0.3) is 0 Å². The zero-order valence-electron chi connectivity index (χ0n) is 13.0. The van der Waals surface area contributed by atoms with E-state index < -0.39 is 0 Å². The van der Waals surface area contributed by atoms with Crippen molar-refractivity contribution in [3.63, 3.8) is 0 Å². The smallest absolute Gasteiger partial charge is 0.157 e. The minimum absolute atomic E-state index is 0.543. The molecule has 0 amide bonds. The number of hydrogen-bond donors (Lipinski definition) is 1. The number of hydrogen-bond acceptors (Lipinski definition) is 3. The van der Waals surface area contributed by atoms with E-state index in [1.807, 2.05) is 13.0 Å². The molecule has 1 N–H and O–H groups in total. The number of fused-ring (bicyclic) bond motifs is 1. The van der Waals surface area contributed by atoms with E-state index in [0.29, 0.717) is 6.04 Å². The molecule has 4 rings (SSSR count). The molecule has 22 heavy (non-hydrogen) atoms. The molecule has 1 aromatic carbocycles. The van der Waals surface area contributed by atoms with Gasteiger partial charge < -0.3 is 9.88 Å². The first-order chi connectivity index (χ1) is 10.7. The number of nitrogens with zero attached hydrogens (tertiary/aromatic N) is 3. The molecular weight excluding hydrogens is 272 g/mol. The summed E-state index contributed by atoms with van der Waals surface area (Å²) in [5.74, 6) is 1.88. The van der Waals surface area contributed by atoms with Crippen molar-refractivity contribution in [1.82, 2.24) is 15.0 Å². The molecule has 0 saturated carbocycles. The number of aromatic amines is 1. The monoisotopic (exact) mass is 292 g/mol. The van der Waals surface area contributed by atoms with E-state index in [1.54, 1.807) is 0 Å². The first-order valence-electron chi connectivity index (χ1n) is 7.92. The van der Waals surface area contributed by atoms with E-state index in [9.17, 15) is 0 Å². The van der Waals surface area contributed by atoms with Crippen LogP contribution >= 0.6 is 0 Å². The van der Waals surface area contributed by atoms with E-state index in [2.05, 4.69) is 52.1 Å². The van der Waals surface area contributed by atoms with Crippen LogP contribution in [0.5, 0.6) is 0 Å². The largest absolute Gasteiger partial charge is 0.352 e. The fourth-order valence-electron chi connectivity index (χ4n) is 3.34. The SMILES string of the molecule is Cc1nc(N2CCCC2C)c2[nH]c(-c3ccccc3)cc2n1. The van der Waals surface area contributed by atoms with Crippen LogP contribution < -0.4 is 4.90 Å². The van der Waals surface area contributed by atoms with Gasteiger partial charge in [-0.1, -0.05) is 30.3 Å². The number of aryl methyl sites for hydroxylation is 1. The van der Waals surface area contributed by atoms with Gasteiger partial charge in [0.1, 0.15) is 11.3 Å². The minimum atomic E-state index is 0.543. The van der Waals surface area contributed by atoms with Gasteiger partial charge in [0, 0.05) is 18.3 Å². The van der Waals surface area contributed by atoms with Gasteiger partial charge in [-0.3, -0.25) is 0 Å². The summed E-state index contributed by atoms with van der Waals surface area (Å²) in [6.45, 7) is 5.32. The number of nitrogens with one attached hydrogen (secondary N) is 1. The maximum absolute atomic E-state index is 4.72. The first kappa shape index (κ1) is 13.3. The highest BCUT2D eigenvalue weighted by atomic mass is 15.2. The van der Waals surface area contributed by atoms with Crippen molar-refractivity contribution < 1.29 is 0 Å². The van der Waals surface area contributed by atoms with Gasteiger partial charge >= 0.3 is 0 Å². The van der Waals surface area contributed by atoms with Crippen molar-refractivity contribution in [3.05, 3.63) is 42.2 Å². The predicted octanol–water partition coefficient (Wildman–Crippen LogP) is 3.92. The molecule has 3 heterocycles. The van der Waals surface area contributed by atoms with Crippen LogP contribution in [0.4, 0.5) is 5.82 Å². The molecule has 4 nitrogen and oxygen atoms in total. The maximum Gasteiger partial charge on any atom is 0.157 e. The Hall–Kier alpha value is -2.36. The van der Waals surface area contributed by atoms with Crippen LogP contribution in [0.25, 0.3) is 22.3 Å². The third-order valence-electron chi connectivity index (χ3n) is 4.48. The second-order valence-electron chi connectivity index (χ2n) is 6.09. The Morgan fingerprint density at radius 1 is 1.18 bits per heavy atom. The number of anilines is 1. The van der Waals surface area contributed by atoms with E-state index in [1.165, 1.54) is 18.4 Å². The zero-order chi connectivity index (χ0) is 15.1. The molecule has 2 aromatic heterocycles. The highest BCUT2D eigenvalue weighted by molar-refractivity contribution is 5.91. The summed E-state index contributed by atoms with van der Waals surface area (Å²) in [6, 6.07) is 13.0. The lowest BCUT2D eigenvalue weighted by atomic mass is 10.2. The topological polar surface area (TPSA) is 44.8 Å². The summed E-state index contributed by atoms with van der Waals surface area (Å²) in [5, 5.41) is 0. The van der Waals surface area contributed by atoms with Crippen molar-refractivity contribution in [2.45, 2.75) is 32.7 Å². The molecule has 1 aliphatic rings. The Bertz CT molecular complexity index is 807. The third kappa shape index (κ3) is 2.15. The van der Waals surface area contributed by atoms with Crippen LogP contribution in [0.1, 0.15) is 25.6 Å². The van der Waals surface area contributed by atoms with Gasteiger partial charge in [-0.05, 0) is 38.3 Å². The second kappa shape index (κ2) is 5.13. The van der Waals surface area contributed by atoms with Crippen LogP contribution in [0.2, 0.25) is 0 Å². The lowest BCUT2D eigenvalue weighted by Crippen LogP contribution is -2.27. The van der Waals surface area contributed by atoms with Crippen LogP contribution in [-0.4, -0.2) is 27.5 Å². The summed E-state index contributed by atoms with van der Waals surface area (Å²) in [4.78, 5) is 15.3. The molecule has 112 valence electrons. The molecule has 4 heteroatoms. The zero-order valence-corrected chi connectivity index (χ0v) is 13.0. The Balaban J connectivity index is 1.88. The highest BCUT2D eigenvalue weighted by Gasteiger charge is 2.24. The molecule has 3 aromatic rings. The molecule has 0 bridgehead atoms. The fraction of sp³-hybridized carbons (Fsp3) is 0.333. The molecule has 0 radical (unpaired) electrons. The average molecular weight is 292 g/mol. The summed E-state index contributed by atoms with van der Waals surface area (Å²) in [7, 11) is 0. The summed E-state index contributed by atoms with van der Waals surface area (Å²) >= 11 is 0. The Morgan fingerprint density at radius 2 is 2.00 bits per heavy atom. The molecule has 0 aliphatic carbocycles. The molecule has 1 aliphatic heterocycles. The highest BCUT2D eigenvalue weighted by Crippen LogP contribution is 2.32. The van der Waals surface area contributed by atoms with Crippen molar-refractivity contribution in [1.29, 1.82) is 0 Å². The fourth-order valence-corrected chi connectivity index (χ4v) is 3.34. The van der Waals surface area contributed by atoms with Gasteiger partial charge in [0.05, 0.1) is 5.52 Å². The van der Waals surface area contributed by atoms with Gasteiger partial charge in [-0.25, -0.2) is 9.97 Å². The summed E-state index contributed by atoms with van der Waals surface area (Å²) < 4.78 is 0. The number of aromatic nitrogens is 3. The van der Waals surface area contributed by atoms with Gasteiger partial charge in [0.2, 0.25) is 0 Å².